The summed E-state index contributed by atoms with van der Waals surface area (Å²) < 4.78 is 46.8. The van der Waals surface area contributed by atoms with Gasteiger partial charge in [-0.3, -0.25) is 9.69 Å². The zero-order valence-electron chi connectivity index (χ0n) is 18.3. The Kier molecular flexibility index (Phi) is 6.12. The van der Waals surface area contributed by atoms with E-state index in [-0.39, 0.29) is 24.1 Å². The Labute approximate surface area is 199 Å². The number of likely N-dealkylation sites (tertiary alicyclic amines) is 1. The van der Waals surface area contributed by atoms with Crippen LogP contribution in [0.4, 0.5) is 13.2 Å². The summed E-state index contributed by atoms with van der Waals surface area (Å²) in [6.07, 6.45) is -1.94. The molecule has 34 heavy (non-hydrogen) atoms. The Balaban J connectivity index is 1.30. The molecular weight excluding hydrogens is 463 g/mol. The van der Waals surface area contributed by atoms with Gasteiger partial charge < -0.3 is 9.84 Å². The van der Waals surface area contributed by atoms with Crippen molar-refractivity contribution in [3.8, 4) is 16.9 Å². The largest absolute Gasteiger partial charge is 0.488 e. The van der Waals surface area contributed by atoms with Crippen molar-refractivity contribution in [2.75, 3.05) is 13.1 Å². The van der Waals surface area contributed by atoms with Crippen LogP contribution in [0.2, 0.25) is 0 Å². The average Bonchev–Trinajstić information content (AvgIpc) is 3.55. The van der Waals surface area contributed by atoms with Crippen LogP contribution >= 0.6 is 11.3 Å². The number of fused-ring (bicyclic) bond motifs is 1. The van der Waals surface area contributed by atoms with Crippen molar-refractivity contribution < 1.29 is 27.8 Å². The molecule has 1 aromatic heterocycles. The van der Waals surface area contributed by atoms with Gasteiger partial charge in [-0.1, -0.05) is 36.4 Å². The average molecular weight is 488 g/mol. The number of hydrogen-bond donors (Lipinski definition) is 1. The van der Waals surface area contributed by atoms with E-state index in [1.807, 2.05) is 18.2 Å². The van der Waals surface area contributed by atoms with E-state index in [4.69, 9.17) is 4.74 Å². The normalized spacial score (nSPS) is 20.4. The lowest BCUT2D eigenvalue weighted by atomic mass is 10.1. The molecule has 2 aromatic carbocycles. The molecule has 1 fully saturated rings. The van der Waals surface area contributed by atoms with Gasteiger partial charge in [0, 0.05) is 23.0 Å². The van der Waals surface area contributed by atoms with Crippen molar-refractivity contribution in [3.63, 3.8) is 0 Å². The molecule has 0 saturated carbocycles. The molecule has 1 aliphatic carbocycles. The van der Waals surface area contributed by atoms with Crippen LogP contribution in [0.3, 0.4) is 0 Å². The first-order valence-electron chi connectivity index (χ1n) is 11.3. The number of carboxylic acid groups (broad SMARTS) is 1. The fourth-order valence-corrected chi connectivity index (χ4v) is 5.98. The van der Waals surface area contributed by atoms with Crippen molar-refractivity contribution >= 4 is 17.3 Å². The zero-order chi connectivity index (χ0) is 23.9. The molecule has 1 N–H and O–H groups in total. The Morgan fingerprint density at radius 1 is 1.12 bits per heavy atom. The lowest BCUT2D eigenvalue weighted by molar-refractivity contribution is -0.141. The molecule has 2 atom stereocenters. The van der Waals surface area contributed by atoms with Gasteiger partial charge in [0.1, 0.15) is 17.2 Å². The first-order chi connectivity index (χ1) is 16.3. The predicted molar refractivity (Wildman–Crippen MR) is 124 cm³/mol. The number of hydrogen-bond acceptors (Lipinski definition) is 4. The van der Waals surface area contributed by atoms with Crippen LogP contribution in [-0.4, -0.2) is 29.1 Å². The van der Waals surface area contributed by atoms with Crippen LogP contribution in [0.25, 0.3) is 11.1 Å². The summed E-state index contributed by atoms with van der Waals surface area (Å²) >= 11 is 0.721. The quantitative estimate of drug-likeness (QED) is 0.437. The second-order valence-corrected chi connectivity index (χ2v) is 9.98. The summed E-state index contributed by atoms with van der Waals surface area (Å²) in [4.78, 5) is 13.4. The van der Waals surface area contributed by atoms with Gasteiger partial charge in [0.15, 0.2) is 0 Å². The van der Waals surface area contributed by atoms with Gasteiger partial charge in [0.05, 0.1) is 5.92 Å². The van der Waals surface area contributed by atoms with Gasteiger partial charge in [-0.2, -0.15) is 13.2 Å². The fourth-order valence-electron chi connectivity index (χ4n) is 5.02. The van der Waals surface area contributed by atoms with E-state index < -0.39 is 17.0 Å². The molecule has 1 unspecified atom stereocenters. The molecule has 0 bridgehead atoms. The van der Waals surface area contributed by atoms with Crippen molar-refractivity contribution in [3.05, 3.63) is 75.5 Å². The van der Waals surface area contributed by atoms with Crippen LogP contribution in [0.5, 0.6) is 5.75 Å². The molecule has 2 heterocycles. The van der Waals surface area contributed by atoms with E-state index in [1.54, 1.807) is 36.4 Å². The van der Waals surface area contributed by atoms with E-state index in [0.717, 1.165) is 36.3 Å². The molecule has 0 spiro atoms. The van der Waals surface area contributed by atoms with E-state index in [1.165, 1.54) is 5.56 Å². The Bertz CT molecular complexity index is 1190. The Hall–Kier alpha value is -2.84. The van der Waals surface area contributed by atoms with Gasteiger partial charge in [-0.15, -0.1) is 11.3 Å². The highest BCUT2D eigenvalue weighted by atomic mass is 32.1. The van der Waals surface area contributed by atoms with Crippen molar-refractivity contribution in [1.82, 2.24) is 4.90 Å². The number of aliphatic carboxylic acids is 1. The van der Waals surface area contributed by atoms with Crippen molar-refractivity contribution in [2.45, 2.75) is 38.1 Å². The maximum atomic E-state index is 13.6. The van der Waals surface area contributed by atoms with E-state index in [0.29, 0.717) is 29.2 Å². The van der Waals surface area contributed by atoms with E-state index in [2.05, 4.69) is 4.90 Å². The highest BCUT2D eigenvalue weighted by Crippen LogP contribution is 2.43. The summed E-state index contributed by atoms with van der Waals surface area (Å²) in [5.41, 5.74) is 3.07. The molecule has 5 rings (SSSR count). The molecule has 1 aliphatic heterocycles. The Morgan fingerprint density at radius 2 is 1.91 bits per heavy atom. The third-order valence-electron chi connectivity index (χ3n) is 6.68. The highest BCUT2D eigenvalue weighted by molar-refractivity contribution is 7.12. The lowest BCUT2D eigenvalue weighted by Crippen LogP contribution is -2.26. The molecule has 4 nitrogen and oxygen atoms in total. The molecule has 3 aromatic rings. The number of nitrogens with zero attached hydrogens (tertiary/aromatic N) is 1. The van der Waals surface area contributed by atoms with Crippen LogP contribution in [0.1, 0.15) is 39.8 Å². The minimum atomic E-state index is -4.42. The van der Waals surface area contributed by atoms with Crippen molar-refractivity contribution in [2.24, 2.45) is 5.92 Å². The summed E-state index contributed by atoms with van der Waals surface area (Å²) in [5, 5.41) is 9.28. The predicted octanol–water partition coefficient (Wildman–Crippen LogP) is 6.41. The molecule has 0 amide bonds. The second-order valence-electron chi connectivity index (χ2n) is 8.84. The standard InChI is InChI=1S/C26H24F3NO3S/c27-26(28,29)24-22(16-4-2-1-3-5-16)13-20(34-24)15-33-19-7-8-21-17(12-19)6-9-23(21)30-11-10-18(14-30)25(31)32/h1-5,7-8,12-13,18,23H,6,9-11,14-15H2,(H,31,32)/t18-,23?/m0/s1. The number of thiophene rings is 1. The zero-order valence-corrected chi connectivity index (χ0v) is 19.2. The number of ether oxygens (including phenoxy) is 1. The summed E-state index contributed by atoms with van der Waals surface area (Å²) in [6.45, 7) is 1.42. The summed E-state index contributed by atoms with van der Waals surface area (Å²) in [5.74, 6) is -0.408. The third-order valence-corrected chi connectivity index (χ3v) is 7.83. The Morgan fingerprint density at radius 3 is 2.62 bits per heavy atom. The van der Waals surface area contributed by atoms with Crippen LogP contribution in [0, 0.1) is 5.92 Å². The SMILES string of the molecule is O=C(O)[C@H]1CCN(C2CCc3cc(OCc4cc(-c5ccccc5)c(C(F)(F)F)s4)ccc32)C1. The molecular formula is C26H24F3NO3S. The third kappa shape index (κ3) is 4.57. The monoisotopic (exact) mass is 487 g/mol. The van der Waals surface area contributed by atoms with Gasteiger partial charge in [-0.25, -0.2) is 0 Å². The molecule has 1 saturated heterocycles. The highest BCUT2D eigenvalue weighted by Gasteiger charge is 2.37. The number of benzene rings is 2. The van der Waals surface area contributed by atoms with E-state index >= 15 is 0 Å². The van der Waals surface area contributed by atoms with Gasteiger partial charge in [0.25, 0.3) is 0 Å². The van der Waals surface area contributed by atoms with Crippen LogP contribution in [-0.2, 0) is 24.0 Å². The van der Waals surface area contributed by atoms with Crippen molar-refractivity contribution in [1.29, 1.82) is 0 Å². The smallest absolute Gasteiger partial charge is 0.426 e. The number of carboxylic acids is 1. The topological polar surface area (TPSA) is 49.8 Å². The minimum Gasteiger partial charge on any atom is -0.488 e. The fraction of sp³-hybridized carbons (Fsp3) is 0.346. The number of halogens is 3. The molecule has 8 heteroatoms. The lowest BCUT2D eigenvalue weighted by Gasteiger charge is -2.24. The van der Waals surface area contributed by atoms with Gasteiger partial charge in [0.2, 0.25) is 0 Å². The van der Waals surface area contributed by atoms with Crippen LogP contribution < -0.4 is 4.74 Å². The maximum Gasteiger partial charge on any atom is 0.426 e. The van der Waals surface area contributed by atoms with Gasteiger partial charge in [-0.05, 0) is 60.7 Å². The second kappa shape index (κ2) is 9.07. The van der Waals surface area contributed by atoms with Crippen LogP contribution in [0.15, 0.2) is 54.6 Å². The minimum absolute atomic E-state index is 0.0647. The molecule has 2 aliphatic rings. The van der Waals surface area contributed by atoms with Gasteiger partial charge >= 0.3 is 12.1 Å². The first-order valence-corrected chi connectivity index (χ1v) is 12.1. The first kappa shape index (κ1) is 22.9. The summed E-state index contributed by atoms with van der Waals surface area (Å²) in [6, 6.07) is 16.2. The maximum absolute atomic E-state index is 13.6. The number of aryl methyl sites for hydroxylation is 1. The number of carbonyl (C=O) groups is 1. The number of rotatable bonds is 6. The number of alkyl halides is 3. The molecule has 178 valence electrons. The van der Waals surface area contributed by atoms with E-state index in [9.17, 15) is 23.1 Å². The molecule has 0 radical (unpaired) electrons. The summed E-state index contributed by atoms with van der Waals surface area (Å²) in [7, 11) is 0.